The fourth-order valence-electron chi connectivity index (χ4n) is 1.83. The average Bonchev–Trinajstić information content (AvgIpc) is 2.73. The second-order valence-corrected chi connectivity index (χ2v) is 4.46. The van der Waals surface area contributed by atoms with Gasteiger partial charge in [-0.3, -0.25) is 0 Å². The Morgan fingerprint density at radius 3 is 2.73 bits per heavy atom. The van der Waals surface area contributed by atoms with Crippen molar-refractivity contribution < 1.29 is 14.6 Å². The van der Waals surface area contributed by atoms with Crippen molar-refractivity contribution in [3.05, 3.63) is 21.9 Å². The van der Waals surface area contributed by atoms with E-state index in [4.69, 9.17) is 0 Å². The van der Waals surface area contributed by atoms with Gasteiger partial charge in [-0.05, 0) is 41.4 Å². The summed E-state index contributed by atoms with van der Waals surface area (Å²) in [6.45, 7) is 0.865. The lowest BCUT2D eigenvalue weighted by Crippen LogP contribution is -2.13. The first kappa shape index (κ1) is 10.7. The van der Waals surface area contributed by atoms with E-state index >= 15 is 0 Å². The molecule has 15 heavy (non-hydrogen) atoms. The average molecular weight is 276 g/mol. The maximum Gasteiger partial charge on any atom is 0.207 e. The van der Waals surface area contributed by atoms with Crippen LogP contribution >= 0.6 is 15.9 Å². The van der Waals surface area contributed by atoms with Gasteiger partial charge in [0.05, 0.1) is 4.47 Å². The number of rotatable bonds is 1. The van der Waals surface area contributed by atoms with Crippen LogP contribution in [0.25, 0.3) is 0 Å². The first-order valence-electron chi connectivity index (χ1n) is 4.74. The molecule has 1 atom stereocenters. The zero-order chi connectivity index (χ0) is 11.0. The Balaban J connectivity index is 2.47. The lowest BCUT2D eigenvalue weighted by molar-refractivity contribution is 0.378. The molecule has 1 aliphatic rings. The molecule has 3 nitrogen and oxygen atoms in total. The lowest BCUT2D eigenvalue weighted by Gasteiger charge is -2.14. The van der Waals surface area contributed by atoms with Crippen molar-refractivity contribution in [1.29, 1.82) is 0 Å². The van der Waals surface area contributed by atoms with Crippen molar-refractivity contribution in [2.75, 3.05) is 6.54 Å². The summed E-state index contributed by atoms with van der Waals surface area (Å²) in [7, 11) is 0. The maximum absolute atomic E-state index is 13.3. The van der Waals surface area contributed by atoms with Crippen LogP contribution in [0, 0.1) is 5.82 Å². The number of nitrogens with one attached hydrogen (secondary N) is 1. The Kier molecular flexibility index (Phi) is 2.84. The van der Waals surface area contributed by atoms with Crippen molar-refractivity contribution in [3.8, 4) is 11.5 Å². The van der Waals surface area contributed by atoms with Gasteiger partial charge >= 0.3 is 0 Å². The van der Waals surface area contributed by atoms with E-state index in [-0.39, 0.29) is 10.5 Å². The number of phenols is 2. The van der Waals surface area contributed by atoms with Gasteiger partial charge in [0, 0.05) is 11.6 Å². The SMILES string of the molecule is Oc1c(Br)cc(C2CCCN2)c(O)c1F. The zero-order valence-electron chi connectivity index (χ0n) is 7.93. The molecule has 1 aliphatic heterocycles. The molecule has 1 aromatic carbocycles. The van der Waals surface area contributed by atoms with Crippen molar-refractivity contribution in [2.24, 2.45) is 0 Å². The molecule has 0 spiro atoms. The third-order valence-electron chi connectivity index (χ3n) is 2.63. The smallest absolute Gasteiger partial charge is 0.207 e. The van der Waals surface area contributed by atoms with Crippen LogP contribution in [0.2, 0.25) is 0 Å². The van der Waals surface area contributed by atoms with Crippen LogP contribution in [0.1, 0.15) is 24.4 Å². The van der Waals surface area contributed by atoms with Crippen LogP contribution in [0.15, 0.2) is 10.5 Å². The molecule has 0 saturated carbocycles. The van der Waals surface area contributed by atoms with E-state index in [0.29, 0.717) is 5.56 Å². The lowest BCUT2D eigenvalue weighted by atomic mass is 10.0. The molecule has 0 radical (unpaired) electrons. The van der Waals surface area contributed by atoms with E-state index in [1.165, 1.54) is 0 Å². The van der Waals surface area contributed by atoms with Crippen LogP contribution in [-0.4, -0.2) is 16.8 Å². The molecular weight excluding hydrogens is 265 g/mol. The second kappa shape index (κ2) is 3.98. The molecule has 1 unspecified atom stereocenters. The van der Waals surface area contributed by atoms with Gasteiger partial charge in [0.1, 0.15) is 0 Å². The first-order valence-corrected chi connectivity index (χ1v) is 5.53. The zero-order valence-corrected chi connectivity index (χ0v) is 9.51. The maximum atomic E-state index is 13.3. The van der Waals surface area contributed by atoms with Crippen LogP contribution in [0.3, 0.4) is 0 Å². The van der Waals surface area contributed by atoms with E-state index in [1.54, 1.807) is 6.07 Å². The van der Waals surface area contributed by atoms with Crippen LogP contribution in [0.5, 0.6) is 11.5 Å². The highest BCUT2D eigenvalue weighted by molar-refractivity contribution is 9.10. The summed E-state index contributed by atoms with van der Waals surface area (Å²) >= 11 is 3.05. The molecule has 3 N–H and O–H groups in total. The van der Waals surface area contributed by atoms with Crippen LogP contribution in [0.4, 0.5) is 4.39 Å². The Hall–Kier alpha value is -0.810. The predicted molar refractivity (Wildman–Crippen MR) is 57.4 cm³/mol. The highest BCUT2D eigenvalue weighted by Crippen LogP contribution is 2.40. The van der Waals surface area contributed by atoms with Gasteiger partial charge < -0.3 is 15.5 Å². The summed E-state index contributed by atoms with van der Waals surface area (Å²) in [6, 6.07) is 1.52. The van der Waals surface area contributed by atoms with Crippen molar-refractivity contribution in [3.63, 3.8) is 0 Å². The van der Waals surface area contributed by atoms with Gasteiger partial charge in [0.2, 0.25) is 5.82 Å². The molecule has 0 aliphatic carbocycles. The van der Waals surface area contributed by atoms with Gasteiger partial charge in [-0.15, -0.1) is 0 Å². The molecule has 0 aromatic heterocycles. The number of phenolic OH excluding ortho intramolecular Hbond substituents is 2. The predicted octanol–water partition coefficient (Wildman–Crippen LogP) is 2.42. The molecule has 1 fully saturated rings. The van der Waals surface area contributed by atoms with E-state index in [2.05, 4.69) is 21.2 Å². The minimum Gasteiger partial charge on any atom is -0.504 e. The highest BCUT2D eigenvalue weighted by Gasteiger charge is 2.24. The van der Waals surface area contributed by atoms with E-state index in [0.717, 1.165) is 19.4 Å². The summed E-state index contributed by atoms with van der Waals surface area (Å²) < 4.78 is 13.6. The summed E-state index contributed by atoms with van der Waals surface area (Å²) in [5.41, 5.74) is 0.495. The summed E-state index contributed by atoms with van der Waals surface area (Å²) in [5, 5.41) is 22.0. The summed E-state index contributed by atoms with van der Waals surface area (Å²) in [4.78, 5) is 0. The van der Waals surface area contributed by atoms with Gasteiger partial charge in [-0.2, -0.15) is 4.39 Å². The third-order valence-corrected chi connectivity index (χ3v) is 3.24. The van der Waals surface area contributed by atoms with Crippen LogP contribution in [-0.2, 0) is 0 Å². The number of hydrogen-bond acceptors (Lipinski definition) is 3. The Morgan fingerprint density at radius 2 is 2.13 bits per heavy atom. The highest BCUT2D eigenvalue weighted by atomic mass is 79.9. The van der Waals surface area contributed by atoms with E-state index < -0.39 is 17.3 Å². The van der Waals surface area contributed by atoms with Crippen molar-refractivity contribution >= 4 is 15.9 Å². The molecule has 2 rings (SSSR count). The number of benzene rings is 1. The Morgan fingerprint density at radius 1 is 1.40 bits per heavy atom. The molecule has 5 heteroatoms. The normalized spacial score (nSPS) is 20.8. The fourth-order valence-corrected chi connectivity index (χ4v) is 2.25. The van der Waals surface area contributed by atoms with Gasteiger partial charge in [0.25, 0.3) is 0 Å². The van der Waals surface area contributed by atoms with Crippen molar-refractivity contribution in [2.45, 2.75) is 18.9 Å². The van der Waals surface area contributed by atoms with Crippen molar-refractivity contribution in [1.82, 2.24) is 5.32 Å². The fraction of sp³-hybridized carbons (Fsp3) is 0.400. The van der Waals surface area contributed by atoms with E-state index in [1.807, 2.05) is 0 Å². The molecule has 0 bridgehead atoms. The Bertz CT molecular complexity index is 391. The Labute approximate surface area is 95.1 Å². The van der Waals surface area contributed by atoms with Gasteiger partial charge in [-0.1, -0.05) is 0 Å². The monoisotopic (exact) mass is 275 g/mol. The summed E-state index contributed by atoms with van der Waals surface area (Å²) in [6.07, 6.45) is 1.87. The molecule has 0 amide bonds. The summed E-state index contributed by atoms with van der Waals surface area (Å²) in [5.74, 6) is -1.97. The number of halogens is 2. The number of aromatic hydroxyl groups is 2. The van der Waals surface area contributed by atoms with Gasteiger partial charge in [-0.25, -0.2) is 0 Å². The molecular formula is C10H11BrFNO2. The third kappa shape index (κ3) is 1.81. The quantitative estimate of drug-likeness (QED) is 0.738. The second-order valence-electron chi connectivity index (χ2n) is 3.61. The first-order chi connectivity index (χ1) is 7.11. The van der Waals surface area contributed by atoms with E-state index in [9.17, 15) is 14.6 Å². The standard InChI is InChI=1S/C10H11BrFNO2/c11-6-4-5(7-2-1-3-13-7)9(14)8(12)10(6)15/h4,7,13-15H,1-3H2. The molecule has 82 valence electrons. The minimum absolute atomic E-state index is 0.0311. The van der Waals surface area contributed by atoms with Crippen LogP contribution < -0.4 is 5.32 Å². The largest absolute Gasteiger partial charge is 0.504 e. The molecule has 1 saturated heterocycles. The molecule has 1 aromatic rings. The topological polar surface area (TPSA) is 52.5 Å². The van der Waals surface area contributed by atoms with Gasteiger partial charge in [0.15, 0.2) is 11.5 Å². The minimum atomic E-state index is -0.965. The number of hydrogen-bond donors (Lipinski definition) is 3. The molecule has 1 heterocycles.